The second-order valence-corrected chi connectivity index (χ2v) is 9.58. The average Bonchev–Trinajstić information content (AvgIpc) is 3.09. The summed E-state index contributed by atoms with van der Waals surface area (Å²) in [6.07, 6.45) is 0. The minimum absolute atomic E-state index is 0.173. The van der Waals surface area contributed by atoms with E-state index >= 15 is 0 Å². The Hall–Kier alpha value is -2.60. The van der Waals surface area contributed by atoms with Gasteiger partial charge < -0.3 is 5.32 Å². The number of benzene rings is 2. The number of carbonyl (C=O) groups excluding carboxylic acids is 1. The molecule has 0 bridgehead atoms. The highest BCUT2D eigenvalue weighted by atomic mass is 35.5. The van der Waals surface area contributed by atoms with Crippen LogP contribution in [0.3, 0.4) is 0 Å². The summed E-state index contributed by atoms with van der Waals surface area (Å²) in [5.41, 5.74) is 0.492. The second kappa shape index (κ2) is 9.10. The van der Waals surface area contributed by atoms with Gasteiger partial charge in [-0.15, -0.1) is 0 Å². The van der Waals surface area contributed by atoms with Crippen LogP contribution < -0.4 is 10.9 Å². The Morgan fingerprint density at radius 3 is 2.69 bits per heavy atom. The first-order chi connectivity index (χ1) is 15.2. The number of nitrogens with zero attached hydrogens (tertiary/aromatic N) is 3. The SMILES string of the molecule is Cn1c(SCC(=O)Nc2cc(F)ccc2F)nc2c(sc(=S)n2-c2ccc(Cl)cc2)c1=O. The summed E-state index contributed by atoms with van der Waals surface area (Å²) in [5.74, 6) is -2.17. The van der Waals surface area contributed by atoms with Crippen LogP contribution in [0.5, 0.6) is 0 Å². The molecule has 0 unspecified atom stereocenters. The lowest BCUT2D eigenvalue weighted by atomic mass is 10.3. The van der Waals surface area contributed by atoms with E-state index in [0.29, 0.717) is 25.0 Å². The molecule has 2 heterocycles. The number of thioether (sulfide) groups is 1. The highest BCUT2D eigenvalue weighted by molar-refractivity contribution is 7.99. The van der Waals surface area contributed by atoms with Crippen molar-refractivity contribution in [1.29, 1.82) is 0 Å². The van der Waals surface area contributed by atoms with Crippen LogP contribution in [-0.2, 0) is 11.8 Å². The summed E-state index contributed by atoms with van der Waals surface area (Å²) in [7, 11) is 1.54. The third kappa shape index (κ3) is 4.46. The van der Waals surface area contributed by atoms with Crippen molar-refractivity contribution in [2.45, 2.75) is 5.16 Å². The molecule has 1 amide bonds. The Morgan fingerprint density at radius 2 is 1.97 bits per heavy atom. The molecule has 0 aliphatic heterocycles. The van der Waals surface area contributed by atoms with Crippen LogP contribution in [0.4, 0.5) is 14.5 Å². The Kier molecular flexibility index (Phi) is 6.42. The van der Waals surface area contributed by atoms with E-state index in [2.05, 4.69) is 10.3 Å². The molecule has 0 aliphatic rings. The highest BCUT2D eigenvalue weighted by Gasteiger charge is 2.17. The van der Waals surface area contributed by atoms with Crippen molar-refractivity contribution in [2.75, 3.05) is 11.1 Å². The van der Waals surface area contributed by atoms with Crippen molar-refractivity contribution in [2.24, 2.45) is 7.05 Å². The number of aromatic nitrogens is 3. The smallest absolute Gasteiger partial charge is 0.273 e. The highest BCUT2D eigenvalue weighted by Crippen LogP contribution is 2.26. The van der Waals surface area contributed by atoms with Crippen LogP contribution in [0.15, 0.2) is 52.4 Å². The number of fused-ring (bicyclic) bond motifs is 1. The molecule has 32 heavy (non-hydrogen) atoms. The molecular weight excluding hydrogens is 498 g/mol. The van der Waals surface area contributed by atoms with E-state index in [-0.39, 0.29) is 22.2 Å². The molecule has 4 rings (SSSR count). The first-order valence-electron chi connectivity index (χ1n) is 9.01. The topological polar surface area (TPSA) is 68.9 Å². The Balaban J connectivity index is 1.65. The normalized spacial score (nSPS) is 11.1. The molecule has 2 aromatic heterocycles. The fourth-order valence-corrected chi connectivity index (χ4v) is 5.11. The fraction of sp³-hybridized carbons (Fsp3) is 0.100. The first-order valence-corrected chi connectivity index (χ1v) is 11.6. The van der Waals surface area contributed by atoms with Gasteiger partial charge in [0.2, 0.25) is 5.91 Å². The van der Waals surface area contributed by atoms with E-state index < -0.39 is 17.5 Å². The molecule has 0 saturated carbocycles. The van der Waals surface area contributed by atoms with Crippen molar-refractivity contribution < 1.29 is 13.6 Å². The largest absolute Gasteiger partial charge is 0.323 e. The second-order valence-electron chi connectivity index (χ2n) is 6.55. The summed E-state index contributed by atoms with van der Waals surface area (Å²) < 4.78 is 30.9. The Bertz CT molecular complexity index is 1460. The molecule has 1 N–H and O–H groups in total. The molecule has 12 heteroatoms. The number of anilines is 1. The molecule has 0 saturated heterocycles. The number of rotatable bonds is 5. The van der Waals surface area contributed by atoms with Gasteiger partial charge in [-0.1, -0.05) is 34.7 Å². The zero-order chi connectivity index (χ0) is 23.0. The fourth-order valence-electron chi connectivity index (χ4n) is 2.87. The lowest BCUT2D eigenvalue weighted by Gasteiger charge is -2.10. The molecule has 2 aromatic carbocycles. The van der Waals surface area contributed by atoms with Crippen molar-refractivity contribution in [3.63, 3.8) is 0 Å². The molecule has 164 valence electrons. The maximum Gasteiger partial charge on any atom is 0.273 e. The average molecular weight is 511 g/mol. The van der Waals surface area contributed by atoms with E-state index in [4.69, 9.17) is 23.8 Å². The van der Waals surface area contributed by atoms with Gasteiger partial charge in [0.25, 0.3) is 5.56 Å². The zero-order valence-corrected chi connectivity index (χ0v) is 19.5. The van der Waals surface area contributed by atoms with Crippen LogP contribution in [-0.4, -0.2) is 25.8 Å². The first kappa shape index (κ1) is 22.6. The van der Waals surface area contributed by atoms with E-state index in [1.54, 1.807) is 28.8 Å². The van der Waals surface area contributed by atoms with Crippen LogP contribution in [0.1, 0.15) is 0 Å². The lowest BCUT2D eigenvalue weighted by Crippen LogP contribution is -2.21. The maximum atomic E-state index is 13.8. The maximum absolute atomic E-state index is 13.8. The number of carbonyl (C=O) groups is 1. The number of nitrogens with one attached hydrogen (secondary N) is 1. The van der Waals surface area contributed by atoms with Gasteiger partial charge in [-0.2, -0.15) is 0 Å². The minimum atomic E-state index is -0.753. The van der Waals surface area contributed by atoms with E-state index in [0.717, 1.165) is 41.3 Å². The molecule has 0 radical (unpaired) electrons. The zero-order valence-electron chi connectivity index (χ0n) is 16.3. The standard InChI is InChI=1S/C20H13ClF2N4O2S3/c1-26-18(29)16-17(27(20(30)32-16)12-5-2-10(21)3-6-12)25-19(26)31-9-15(28)24-14-8-11(22)4-7-13(14)23/h2-8H,9H2,1H3,(H,24,28). The number of halogens is 3. The number of amides is 1. The lowest BCUT2D eigenvalue weighted by molar-refractivity contribution is -0.113. The number of thiazole rings is 1. The molecule has 0 fully saturated rings. The molecular formula is C20H13ClF2N4O2S3. The van der Waals surface area contributed by atoms with E-state index in [9.17, 15) is 18.4 Å². The summed E-state index contributed by atoms with van der Waals surface area (Å²) >= 11 is 13.5. The third-order valence-corrected chi connectivity index (χ3v) is 7.03. The molecule has 0 spiro atoms. The molecule has 0 atom stereocenters. The Morgan fingerprint density at radius 1 is 1.25 bits per heavy atom. The molecule has 0 aliphatic carbocycles. The van der Waals surface area contributed by atoms with Crippen LogP contribution in [0.25, 0.3) is 16.0 Å². The molecule has 6 nitrogen and oxygen atoms in total. The van der Waals surface area contributed by atoms with Crippen molar-refractivity contribution in [3.05, 3.63) is 73.4 Å². The quantitative estimate of drug-likeness (QED) is 0.228. The van der Waals surface area contributed by atoms with E-state index in [1.807, 2.05) is 0 Å². The number of hydrogen-bond donors (Lipinski definition) is 1. The van der Waals surface area contributed by atoms with Crippen LogP contribution >= 0.6 is 46.9 Å². The Labute approximate surface area is 198 Å². The predicted molar refractivity (Wildman–Crippen MR) is 126 cm³/mol. The van der Waals surface area contributed by atoms with Gasteiger partial charge in [-0.25, -0.2) is 13.8 Å². The van der Waals surface area contributed by atoms with Crippen molar-refractivity contribution >= 4 is 68.9 Å². The van der Waals surface area contributed by atoms with Crippen LogP contribution in [0, 0.1) is 15.6 Å². The van der Waals surface area contributed by atoms with Gasteiger partial charge in [0.05, 0.1) is 11.4 Å². The van der Waals surface area contributed by atoms with Crippen molar-refractivity contribution in [3.8, 4) is 5.69 Å². The summed E-state index contributed by atoms with van der Waals surface area (Å²) in [6, 6.07) is 9.70. The number of hydrogen-bond acceptors (Lipinski definition) is 6. The van der Waals surface area contributed by atoms with Crippen molar-refractivity contribution in [1.82, 2.24) is 14.1 Å². The van der Waals surface area contributed by atoms with Gasteiger partial charge in [0.15, 0.2) is 14.8 Å². The predicted octanol–water partition coefficient (Wildman–Crippen LogP) is 5.18. The van der Waals surface area contributed by atoms with Gasteiger partial charge in [-0.3, -0.25) is 18.7 Å². The van der Waals surface area contributed by atoms with Crippen LogP contribution in [0.2, 0.25) is 5.02 Å². The summed E-state index contributed by atoms with van der Waals surface area (Å²) in [5, 5.41) is 3.14. The summed E-state index contributed by atoms with van der Waals surface area (Å²) in [4.78, 5) is 29.7. The minimum Gasteiger partial charge on any atom is -0.323 e. The van der Waals surface area contributed by atoms with Gasteiger partial charge in [0, 0.05) is 23.8 Å². The third-order valence-electron chi connectivity index (χ3n) is 4.39. The van der Waals surface area contributed by atoms with E-state index in [1.165, 1.54) is 11.6 Å². The summed E-state index contributed by atoms with van der Waals surface area (Å²) in [6.45, 7) is 0. The van der Waals surface area contributed by atoms with Gasteiger partial charge in [0.1, 0.15) is 16.3 Å². The molecule has 4 aromatic rings. The monoisotopic (exact) mass is 510 g/mol. The van der Waals surface area contributed by atoms with Gasteiger partial charge in [-0.05, 0) is 48.6 Å². The van der Waals surface area contributed by atoms with Gasteiger partial charge >= 0.3 is 0 Å².